The average molecular weight is 265 g/mol. The Morgan fingerprint density at radius 3 is 2.56 bits per heavy atom. The second-order valence-electron chi connectivity index (χ2n) is 4.09. The van der Waals surface area contributed by atoms with Crippen molar-refractivity contribution < 1.29 is 13.3 Å². The van der Waals surface area contributed by atoms with E-state index in [4.69, 9.17) is 16.4 Å². The van der Waals surface area contributed by atoms with Crippen LogP contribution in [-0.2, 0) is 14.9 Å². The van der Waals surface area contributed by atoms with Gasteiger partial charge in [-0.15, -0.1) is 0 Å². The lowest BCUT2D eigenvalue weighted by Gasteiger charge is -2.19. The van der Waals surface area contributed by atoms with Crippen LogP contribution in [0.3, 0.4) is 0 Å². The summed E-state index contributed by atoms with van der Waals surface area (Å²) in [5.74, 6) is 0. The van der Waals surface area contributed by atoms with Crippen LogP contribution < -0.4 is 4.89 Å². The van der Waals surface area contributed by atoms with Crippen molar-refractivity contribution in [3.05, 3.63) is 23.5 Å². The summed E-state index contributed by atoms with van der Waals surface area (Å²) in [7, 11) is -3.79. The van der Waals surface area contributed by atoms with Gasteiger partial charge in [0.25, 0.3) is 10.0 Å². The Morgan fingerprint density at radius 1 is 1.44 bits per heavy atom. The smallest absolute Gasteiger partial charge is 0.265 e. The van der Waals surface area contributed by atoms with E-state index in [1.807, 2.05) is 4.89 Å². The molecule has 0 fully saturated rings. The fraction of sp³-hybridized carbons (Fsp3) is 0.444. The molecule has 0 spiro atoms. The number of nitrogens with one attached hydrogen (secondary N) is 1. The molecule has 0 saturated carbocycles. The highest BCUT2D eigenvalue weighted by Crippen LogP contribution is 2.18. The first-order chi connectivity index (χ1) is 7.22. The van der Waals surface area contributed by atoms with E-state index in [-0.39, 0.29) is 10.0 Å². The van der Waals surface area contributed by atoms with Gasteiger partial charge in [0.2, 0.25) is 0 Å². The second kappa shape index (κ2) is 4.67. The van der Waals surface area contributed by atoms with Gasteiger partial charge in [0, 0.05) is 6.20 Å². The van der Waals surface area contributed by atoms with Gasteiger partial charge in [0.15, 0.2) is 0 Å². The molecule has 0 amide bonds. The summed E-state index contributed by atoms with van der Waals surface area (Å²) in [5, 5.41) is -0.0903. The normalized spacial score (nSPS) is 12.8. The summed E-state index contributed by atoms with van der Waals surface area (Å²) < 4.78 is 23.5. The van der Waals surface area contributed by atoms with Crippen LogP contribution in [0, 0.1) is 0 Å². The van der Waals surface area contributed by atoms with E-state index in [0.29, 0.717) is 0 Å². The Labute approximate surface area is 99.8 Å². The molecule has 1 aromatic rings. The van der Waals surface area contributed by atoms with E-state index in [1.54, 1.807) is 20.8 Å². The molecular formula is C9H13ClN2O3S. The van der Waals surface area contributed by atoms with Crippen molar-refractivity contribution in [3.63, 3.8) is 0 Å². The maximum absolute atomic E-state index is 11.7. The van der Waals surface area contributed by atoms with Crippen LogP contribution in [0.25, 0.3) is 0 Å². The Morgan fingerprint density at radius 2 is 2.06 bits per heavy atom. The molecule has 0 radical (unpaired) electrons. The molecule has 7 heteroatoms. The molecule has 1 N–H and O–H groups in total. The molecule has 5 nitrogen and oxygen atoms in total. The van der Waals surface area contributed by atoms with Gasteiger partial charge in [-0.05, 0) is 32.9 Å². The molecule has 1 rings (SSSR count). The molecule has 0 saturated heterocycles. The molecule has 0 unspecified atom stereocenters. The first-order valence-corrected chi connectivity index (χ1v) is 6.39. The molecular weight excluding hydrogens is 252 g/mol. The third kappa shape index (κ3) is 3.71. The van der Waals surface area contributed by atoms with E-state index in [2.05, 4.69) is 4.98 Å². The van der Waals surface area contributed by atoms with Gasteiger partial charge in [-0.25, -0.2) is 13.4 Å². The number of sulfonamides is 1. The van der Waals surface area contributed by atoms with E-state index in [0.717, 1.165) is 0 Å². The summed E-state index contributed by atoms with van der Waals surface area (Å²) in [6, 6.07) is 2.83. The van der Waals surface area contributed by atoms with Crippen molar-refractivity contribution in [3.8, 4) is 0 Å². The van der Waals surface area contributed by atoms with E-state index in [9.17, 15) is 8.42 Å². The number of aromatic nitrogens is 1. The van der Waals surface area contributed by atoms with Crippen molar-refractivity contribution >= 4 is 21.6 Å². The highest BCUT2D eigenvalue weighted by atomic mass is 35.5. The van der Waals surface area contributed by atoms with Crippen molar-refractivity contribution in [2.75, 3.05) is 0 Å². The lowest BCUT2D eigenvalue weighted by atomic mass is 10.2. The van der Waals surface area contributed by atoms with Gasteiger partial charge >= 0.3 is 0 Å². The van der Waals surface area contributed by atoms with Crippen LogP contribution in [0.2, 0.25) is 5.15 Å². The summed E-state index contributed by atoms with van der Waals surface area (Å²) in [6.07, 6.45) is 1.41. The Hall–Kier alpha value is -0.690. The molecule has 0 aromatic carbocycles. The number of pyridine rings is 1. The van der Waals surface area contributed by atoms with E-state index >= 15 is 0 Å². The van der Waals surface area contributed by atoms with Crippen LogP contribution >= 0.6 is 11.6 Å². The largest absolute Gasteiger partial charge is 0.281 e. The lowest BCUT2D eigenvalue weighted by molar-refractivity contribution is -0.0357. The molecule has 1 aromatic heterocycles. The highest BCUT2D eigenvalue weighted by molar-refractivity contribution is 7.89. The predicted octanol–water partition coefficient (Wildman–Crippen LogP) is 1.74. The highest BCUT2D eigenvalue weighted by Gasteiger charge is 2.21. The molecule has 0 atom stereocenters. The minimum Gasteiger partial charge on any atom is -0.281 e. The van der Waals surface area contributed by atoms with Gasteiger partial charge in [-0.2, -0.15) is 0 Å². The fourth-order valence-electron chi connectivity index (χ4n) is 0.796. The fourth-order valence-corrected chi connectivity index (χ4v) is 2.20. The van der Waals surface area contributed by atoms with Crippen LogP contribution in [0.4, 0.5) is 0 Å². The zero-order chi connectivity index (χ0) is 12.4. The van der Waals surface area contributed by atoms with Crippen molar-refractivity contribution in [1.82, 2.24) is 9.87 Å². The maximum atomic E-state index is 11.7. The quantitative estimate of drug-likeness (QED) is 0.667. The number of hydrogen-bond acceptors (Lipinski definition) is 4. The van der Waals surface area contributed by atoms with Gasteiger partial charge in [0.05, 0.1) is 5.60 Å². The lowest BCUT2D eigenvalue weighted by Crippen LogP contribution is -2.33. The molecule has 1 heterocycles. The minimum absolute atomic E-state index is 0.0903. The second-order valence-corrected chi connectivity index (χ2v) is 6.06. The molecule has 0 aliphatic rings. The van der Waals surface area contributed by atoms with E-state index < -0.39 is 15.6 Å². The summed E-state index contributed by atoms with van der Waals surface area (Å²) in [6.45, 7) is 5.17. The molecule has 0 aliphatic carbocycles. The Kier molecular flexibility index (Phi) is 3.90. The zero-order valence-corrected chi connectivity index (χ0v) is 10.8. The van der Waals surface area contributed by atoms with Gasteiger partial charge in [0.1, 0.15) is 10.0 Å². The van der Waals surface area contributed by atoms with Gasteiger partial charge in [-0.1, -0.05) is 16.5 Å². The predicted molar refractivity (Wildman–Crippen MR) is 60.4 cm³/mol. The number of hydrogen-bond donors (Lipinski definition) is 1. The summed E-state index contributed by atoms with van der Waals surface area (Å²) in [4.78, 5) is 10.6. The standard InChI is InChI=1S/C9H13ClN2O3S/c1-9(2,3)15-12-16(13,14)7-5-4-6-11-8(7)10/h4-6,12H,1-3H3. The number of halogens is 1. The molecule has 0 bridgehead atoms. The summed E-state index contributed by atoms with van der Waals surface area (Å²) >= 11 is 5.67. The topological polar surface area (TPSA) is 68.3 Å². The molecule has 90 valence electrons. The Balaban J connectivity index is 2.92. The molecule has 0 aliphatic heterocycles. The first kappa shape index (κ1) is 13.4. The van der Waals surface area contributed by atoms with Crippen LogP contribution in [0.15, 0.2) is 23.2 Å². The first-order valence-electron chi connectivity index (χ1n) is 4.53. The number of nitrogens with zero attached hydrogens (tertiary/aromatic N) is 1. The van der Waals surface area contributed by atoms with Crippen molar-refractivity contribution in [1.29, 1.82) is 0 Å². The van der Waals surface area contributed by atoms with E-state index in [1.165, 1.54) is 18.3 Å². The number of rotatable bonds is 3. The SMILES string of the molecule is CC(C)(C)ONS(=O)(=O)c1cccnc1Cl. The van der Waals surface area contributed by atoms with Gasteiger partial charge in [-0.3, -0.25) is 4.84 Å². The van der Waals surface area contributed by atoms with Crippen molar-refractivity contribution in [2.24, 2.45) is 0 Å². The maximum Gasteiger partial charge on any atom is 0.265 e. The van der Waals surface area contributed by atoms with Crippen LogP contribution in [0.1, 0.15) is 20.8 Å². The van der Waals surface area contributed by atoms with Crippen molar-refractivity contribution in [2.45, 2.75) is 31.3 Å². The third-order valence-corrected chi connectivity index (χ3v) is 3.10. The minimum atomic E-state index is -3.79. The summed E-state index contributed by atoms with van der Waals surface area (Å²) in [5.41, 5.74) is -0.623. The average Bonchev–Trinajstić information content (AvgIpc) is 2.14. The van der Waals surface area contributed by atoms with Crippen LogP contribution in [0.5, 0.6) is 0 Å². The third-order valence-electron chi connectivity index (χ3n) is 1.47. The molecule has 16 heavy (non-hydrogen) atoms. The monoisotopic (exact) mass is 264 g/mol. The van der Waals surface area contributed by atoms with Gasteiger partial charge < -0.3 is 0 Å². The Bertz CT molecular complexity index is 468. The van der Waals surface area contributed by atoms with Crippen LogP contribution in [-0.4, -0.2) is 19.0 Å². The zero-order valence-electron chi connectivity index (χ0n) is 9.19.